The third kappa shape index (κ3) is 4.18. The molecule has 42 heavy (non-hydrogen) atoms. The lowest BCUT2D eigenvalue weighted by Gasteiger charge is -2.61. The Bertz CT molecular complexity index is 1740. The Kier molecular flexibility index (Phi) is 6.14. The van der Waals surface area contributed by atoms with Gasteiger partial charge in [0, 0.05) is 44.2 Å². The number of thiazole rings is 1. The van der Waals surface area contributed by atoms with Crippen LogP contribution in [-0.4, -0.2) is 88.0 Å². The molecule has 0 bridgehead atoms. The lowest BCUT2D eigenvalue weighted by Crippen LogP contribution is -2.75. The number of pyridine rings is 1. The third-order valence-electron chi connectivity index (χ3n) is 8.59. The summed E-state index contributed by atoms with van der Waals surface area (Å²) in [5.74, 6) is -0.346. The number of hydrogen-bond acceptors (Lipinski definition) is 8. The lowest BCUT2D eigenvalue weighted by molar-refractivity contribution is -0.0330. The van der Waals surface area contributed by atoms with E-state index in [1.165, 1.54) is 17.5 Å². The number of anilines is 3. The van der Waals surface area contributed by atoms with Crippen LogP contribution in [-0.2, 0) is 6.42 Å². The number of aromatic nitrogens is 3. The first kappa shape index (κ1) is 26.7. The topological polar surface area (TPSA) is 104 Å². The van der Waals surface area contributed by atoms with Crippen molar-refractivity contribution in [1.82, 2.24) is 24.4 Å². The minimum Gasteiger partial charge on any atom is -0.389 e. The third-order valence-corrected chi connectivity index (χ3v) is 9.63. The van der Waals surface area contributed by atoms with Gasteiger partial charge in [0.25, 0.3) is 0 Å². The first-order chi connectivity index (χ1) is 20.2. The van der Waals surface area contributed by atoms with Crippen LogP contribution in [0, 0.1) is 29.5 Å². The summed E-state index contributed by atoms with van der Waals surface area (Å²) in [6.45, 7) is 7.46. The highest BCUT2D eigenvalue weighted by atomic mass is 32.1. The molecule has 0 atom stereocenters. The average Bonchev–Trinajstić information content (AvgIpc) is 3.51. The van der Waals surface area contributed by atoms with Crippen LogP contribution in [0.25, 0.3) is 16.8 Å². The van der Waals surface area contributed by atoms with Gasteiger partial charge in [0.1, 0.15) is 16.6 Å². The number of halogens is 1. The number of nitrogens with zero attached hydrogens (tertiary/aromatic N) is 8. The Balaban J connectivity index is 1.15. The number of nitriles is 1. The molecule has 3 fully saturated rings. The Morgan fingerprint density at radius 2 is 1.93 bits per heavy atom. The van der Waals surface area contributed by atoms with Crippen LogP contribution < -0.4 is 9.80 Å². The van der Waals surface area contributed by atoms with Gasteiger partial charge in [-0.25, -0.2) is 18.7 Å². The summed E-state index contributed by atoms with van der Waals surface area (Å²) in [5, 5.41) is 24.7. The van der Waals surface area contributed by atoms with Gasteiger partial charge in [0.2, 0.25) is 0 Å². The molecule has 7 rings (SSSR count). The molecule has 3 aromatic heterocycles. The quantitative estimate of drug-likeness (QED) is 0.377. The number of urea groups is 1. The van der Waals surface area contributed by atoms with Crippen molar-refractivity contribution in [2.75, 3.05) is 56.1 Å². The molecule has 6 heterocycles. The first-order valence-electron chi connectivity index (χ1n) is 14.1. The van der Waals surface area contributed by atoms with Gasteiger partial charge >= 0.3 is 6.03 Å². The second-order valence-electron chi connectivity index (χ2n) is 11.7. The van der Waals surface area contributed by atoms with Crippen LogP contribution in [0.4, 0.5) is 25.7 Å². The maximum absolute atomic E-state index is 15.4. The maximum Gasteiger partial charge on any atom is 0.320 e. The first-order valence-corrected chi connectivity index (χ1v) is 14.9. The van der Waals surface area contributed by atoms with Crippen LogP contribution in [0.1, 0.15) is 23.1 Å². The Labute approximate surface area is 246 Å². The van der Waals surface area contributed by atoms with Crippen LogP contribution >= 0.6 is 11.3 Å². The average molecular weight is 587 g/mol. The number of carbonyl (C=O) groups is 1. The predicted octanol–water partition coefficient (Wildman–Crippen LogP) is 4.03. The summed E-state index contributed by atoms with van der Waals surface area (Å²) in [5.41, 5.74) is 5.57. The maximum atomic E-state index is 15.4. The molecule has 3 saturated heterocycles. The van der Waals surface area contributed by atoms with Crippen molar-refractivity contribution in [1.29, 1.82) is 5.26 Å². The molecule has 216 valence electrons. The largest absolute Gasteiger partial charge is 0.389 e. The zero-order valence-electron chi connectivity index (χ0n) is 23.7. The molecule has 3 aliphatic rings. The van der Waals surface area contributed by atoms with E-state index >= 15 is 4.39 Å². The number of aryl methyl sites for hydroxylation is 2. The molecular formula is C30H31FN8O2S. The molecule has 12 heteroatoms. The van der Waals surface area contributed by atoms with Gasteiger partial charge in [-0.2, -0.15) is 10.4 Å². The summed E-state index contributed by atoms with van der Waals surface area (Å²) in [4.78, 5) is 25.4. The smallest absolute Gasteiger partial charge is 0.320 e. The molecule has 10 nitrogen and oxygen atoms in total. The normalized spacial score (nSPS) is 17.7. The van der Waals surface area contributed by atoms with E-state index in [9.17, 15) is 15.2 Å². The summed E-state index contributed by atoms with van der Waals surface area (Å²) < 4.78 is 17.0. The summed E-state index contributed by atoms with van der Waals surface area (Å²) >= 11 is 1.33. The number of amides is 2. The number of carbonyl (C=O) groups excluding carboxylic acids is 1. The van der Waals surface area contributed by atoms with Crippen molar-refractivity contribution < 1.29 is 14.3 Å². The highest BCUT2D eigenvalue weighted by Crippen LogP contribution is 2.45. The van der Waals surface area contributed by atoms with Gasteiger partial charge in [0.05, 0.1) is 48.0 Å². The Morgan fingerprint density at radius 3 is 2.57 bits per heavy atom. The van der Waals surface area contributed by atoms with Crippen molar-refractivity contribution >= 4 is 39.4 Å². The van der Waals surface area contributed by atoms with E-state index in [2.05, 4.69) is 11.2 Å². The van der Waals surface area contributed by atoms with Gasteiger partial charge < -0.3 is 24.7 Å². The molecule has 1 aromatic carbocycles. The monoisotopic (exact) mass is 586 g/mol. The molecule has 0 radical (unpaired) electrons. The summed E-state index contributed by atoms with van der Waals surface area (Å²) in [7, 11) is 1.91. The molecule has 2 amide bonds. The van der Waals surface area contributed by atoms with Crippen molar-refractivity contribution in [2.24, 2.45) is 5.41 Å². The number of β-amino-alcohol motifs (C(OH)–C–C–N with tert-alkyl or cyclic N) is 1. The second-order valence-corrected chi connectivity index (χ2v) is 12.7. The SMILES string of the molecule is CCc1nn2cc(F)c(N3CC4(CN(C(=O)N5CC(O)C5)C4)C3)cc2c1N(C)c1nc(-c2ccc(C)cc2)c(C#N)s1. The van der Waals surface area contributed by atoms with Crippen LogP contribution in [0.2, 0.25) is 0 Å². The second kappa shape index (κ2) is 9.68. The number of fused-ring (bicyclic) bond motifs is 1. The number of rotatable bonds is 5. The zero-order chi connectivity index (χ0) is 29.3. The molecule has 1 N–H and O–H groups in total. The van der Waals surface area contributed by atoms with E-state index < -0.39 is 6.10 Å². The van der Waals surface area contributed by atoms with E-state index in [0.717, 1.165) is 28.0 Å². The highest BCUT2D eigenvalue weighted by molar-refractivity contribution is 7.16. The van der Waals surface area contributed by atoms with Crippen LogP contribution in [0.5, 0.6) is 0 Å². The Hall–Kier alpha value is -4.21. The van der Waals surface area contributed by atoms with Crippen molar-refractivity contribution in [3.8, 4) is 17.3 Å². The number of likely N-dealkylation sites (tertiary alicyclic amines) is 2. The predicted molar refractivity (Wildman–Crippen MR) is 159 cm³/mol. The van der Waals surface area contributed by atoms with Crippen molar-refractivity contribution in [3.05, 3.63) is 58.5 Å². The highest BCUT2D eigenvalue weighted by Gasteiger charge is 2.54. The molecular weight excluding hydrogens is 555 g/mol. The fourth-order valence-electron chi connectivity index (χ4n) is 6.31. The van der Waals surface area contributed by atoms with Crippen LogP contribution in [0.15, 0.2) is 36.5 Å². The molecule has 0 aliphatic carbocycles. The molecule has 4 aromatic rings. The summed E-state index contributed by atoms with van der Waals surface area (Å²) in [6, 6.07) is 12.1. The fourth-order valence-corrected chi connectivity index (χ4v) is 7.17. The van der Waals surface area contributed by atoms with Crippen LogP contribution in [0.3, 0.4) is 0 Å². The minimum atomic E-state index is -0.416. The number of aliphatic hydroxyl groups is 1. The standard InChI is InChI=1S/C30H31FN8O2S/c1-4-22-27(35(3)28-33-26(25(10-32)42-28)19-7-5-18(2)6-8-19)24-9-23(21(31)13-39(24)34-22)37-14-30(15-37)16-38(17-30)29(41)36-11-20(40)12-36/h5-9,13,20,40H,4,11-12,14-17H2,1-3H3. The van der Waals surface area contributed by atoms with E-state index in [4.69, 9.17) is 4.98 Å². The summed E-state index contributed by atoms with van der Waals surface area (Å²) in [6.07, 6.45) is 1.66. The van der Waals surface area contributed by atoms with Crippen molar-refractivity contribution in [2.45, 2.75) is 26.4 Å². The van der Waals surface area contributed by atoms with Gasteiger partial charge in [0.15, 0.2) is 10.9 Å². The van der Waals surface area contributed by atoms with E-state index in [-0.39, 0.29) is 17.3 Å². The van der Waals surface area contributed by atoms with E-state index in [0.29, 0.717) is 67.1 Å². The van der Waals surface area contributed by atoms with Gasteiger partial charge in [-0.1, -0.05) is 48.1 Å². The molecule has 0 saturated carbocycles. The van der Waals surface area contributed by atoms with Gasteiger partial charge in [-0.3, -0.25) is 0 Å². The molecule has 3 aliphatic heterocycles. The Morgan fingerprint density at radius 1 is 1.21 bits per heavy atom. The zero-order valence-corrected chi connectivity index (χ0v) is 24.5. The van der Waals surface area contributed by atoms with Gasteiger partial charge in [-0.15, -0.1) is 0 Å². The number of aliphatic hydroxyl groups excluding tert-OH is 1. The van der Waals surface area contributed by atoms with Gasteiger partial charge in [-0.05, 0) is 19.4 Å². The number of benzene rings is 1. The molecule has 0 unspecified atom stereocenters. The van der Waals surface area contributed by atoms with E-state index in [1.54, 1.807) is 9.42 Å². The molecule has 1 spiro atoms. The van der Waals surface area contributed by atoms with E-state index in [1.807, 2.05) is 65.9 Å². The lowest BCUT2D eigenvalue weighted by atomic mass is 9.72. The minimum absolute atomic E-state index is 0.0207. The fraction of sp³-hybridized carbons (Fsp3) is 0.400. The number of hydrogen-bond donors (Lipinski definition) is 1. The van der Waals surface area contributed by atoms with Crippen molar-refractivity contribution in [3.63, 3.8) is 0 Å².